The van der Waals surface area contributed by atoms with Gasteiger partial charge in [-0.3, -0.25) is 14.6 Å². The van der Waals surface area contributed by atoms with E-state index in [0.29, 0.717) is 16.6 Å². The molecule has 2 atom stereocenters. The van der Waals surface area contributed by atoms with Gasteiger partial charge in [0.2, 0.25) is 11.8 Å². The van der Waals surface area contributed by atoms with Crippen LogP contribution in [0.5, 0.6) is 11.5 Å². The third kappa shape index (κ3) is 7.31. The number of para-hydroxylation sites is 1. The number of nitrogens with two attached hydrogens (primary N) is 1. The number of nitrogen functional groups attached to an aromatic ring is 1. The Labute approximate surface area is 288 Å². The summed E-state index contributed by atoms with van der Waals surface area (Å²) in [5.74, 6) is 0.848. The maximum absolute atomic E-state index is 14.3. The minimum absolute atomic E-state index is 0.0851. The van der Waals surface area contributed by atoms with E-state index in [4.69, 9.17) is 20.3 Å². The number of fused-ring (bicyclic) bond motifs is 2. The molecule has 0 saturated carbocycles. The summed E-state index contributed by atoms with van der Waals surface area (Å²) in [6, 6.07) is 19.2. The molecule has 2 aliphatic heterocycles. The first-order valence-corrected chi connectivity index (χ1v) is 16.7. The number of hydrazine groups is 1. The van der Waals surface area contributed by atoms with E-state index in [2.05, 4.69) is 16.9 Å². The first kappa shape index (κ1) is 33.7. The van der Waals surface area contributed by atoms with Crippen molar-refractivity contribution in [3.63, 3.8) is 0 Å². The Kier molecular flexibility index (Phi) is 10.3. The van der Waals surface area contributed by atoms with Crippen molar-refractivity contribution in [1.82, 2.24) is 30.1 Å². The minimum Gasteiger partial charge on any atom is -0.497 e. The third-order valence-corrected chi connectivity index (χ3v) is 9.46. The number of carbonyl (C=O) groups excluding carboxylic acids is 3. The Hall–Kier alpha value is -5.18. The standard InChI is InChI=1S/C35H39N7O6S/c1-3-15-40(35(46)37-19-24-9-11-26(47-2)12-10-24)41-22-31(44)42-28(18-23-7-13-27(14-8-23)48-17-16-43)33(45)39(21-30(41)42)20-25-5-4-6-29-32(25)38-34(36)49-29/h3-14,28,30,43H,1,15-22H2,2H3,(H2,36,38)(H,37,46)/t28-,30+/m0/s1. The number of thiazole rings is 1. The Morgan fingerprint density at radius 2 is 1.86 bits per heavy atom. The molecule has 3 aromatic carbocycles. The molecule has 49 heavy (non-hydrogen) atoms. The zero-order valence-corrected chi connectivity index (χ0v) is 28.0. The van der Waals surface area contributed by atoms with Gasteiger partial charge in [-0.2, -0.15) is 5.01 Å². The van der Waals surface area contributed by atoms with Gasteiger partial charge in [0.05, 0.1) is 43.6 Å². The van der Waals surface area contributed by atoms with Crippen LogP contribution in [0.15, 0.2) is 79.4 Å². The third-order valence-electron chi connectivity index (χ3n) is 8.61. The molecule has 0 spiro atoms. The van der Waals surface area contributed by atoms with Gasteiger partial charge in [-0.05, 0) is 47.0 Å². The molecule has 4 N–H and O–H groups in total. The maximum Gasteiger partial charge on any atom is 0.332 e. The lowest BCUT2D eigenvalue weighted by atomic mass is 9.99. The summed E-state index contributed by atoms with van der Waals surface area (Å²) in [4.78, 5) is 49.7. The number of anilines is 1. The highest BCUT2D eigenvalue weighted by Gasteiger charge is 2.52. The van der Waals surface area contributed by atoms with Gasteiger partial charge >= 0.3 is 6.03 Å². The van der Waals surface area contributed by atoms with Crippen LogP contribution in [0.3, 0.4) is 0 Å². The van der Waals surface area contributed by atoms with E-state index in [9.17, 15) is 14.4 Å². The zero-order valence-electron chi connectivity index (χ0n) is 27.2. The minimum atomic E-state index is -0.826. The first-order valence-electron chi connectivity index (χ1n) is 15.9. The second kappa shape index (κ2) is 14.9. The normalized spacial score (nSPS) is 17.7. The molecule has 6 rings (SSSR count). The summed E-state index contributed by atoms with van der Waals surface area (Å²) in [7, 11) is 1.59. The van der Waals surface area contributed by atoms with Crippen LogP contribution in [0.25, 0.3) is 10.2 Å². The van der Waals surface area contributed by atoms with Crippen LogP contribution in [0.1, 0.15) is 16.7 Å². The lowest BCUT2D eigenvalue weighted by Gasteiger charge is -2.46. The molecule has 0 bridgehead atoms. The van der Waals surface area contributed by atoms with Gasteiger partial charge < -0.3 is 35.4 Å². The summed E-state index contributed by atoms with van der Waals surface area (Å²) in [6.07, 6.45) is 1.25. The topological polar surface area (TPSA) is 154 Å². The summed E-state index contributed by atoms with van der Waals surface area (Å²) in [6.45, 7) is 4.67. The van der Waals surface area contributed by atoms with Gasteiger partial charge in [0, 0.05) is 19.5 Å². The lowest BCUT2D eigenvalue weighted by molar-refractivity contribution is -0.157. The number of rotatable bonds is 13. The highest BCUT2D eigenvalue weighted by Crippen LogP contribution is 2.32. The largest absolute Gasteiger partial charge is 0.497 e. The Balaban J connectivity index is 1.29. The van der Waals surface area contributed by atoms with Crippen LogP contribution in [-0.2, 0) is 29.1 Å². The summed E-state index contributed by atoms with van der Waals surface area (Å²) in [5, 5.41) is 15.7. The van der Waals surface area contributed by atoms with Gasteiger partial charge in [0.15, 0.2) is 5.13 Å². The highest BCUT2D eigenvalue weighted by atomic mass is 32.1. The van der Waals surface area contributed by atoms with Gasteiger partial charge in [0.25, 0.3) is 0 Å². The Morgan fingerprint density at radius 1 is 1.12 bits per heavy atom. The maximum atomic E-state index is 14.3. The Bertz CT molecular complexity index is 1820. The number of benzene rings is 3. The van der Waals surface area contributed by atoms with Crippen LogP contribution in [0.4, 0.5) is 9.93 Å². The van der Waals surface area contributed by atoms with Crippen LogP contribution in [-0.4, -0.2) is 99.9 Å². The highest BCUT2D eigenvalue weighted by molar-refractivity contribution is 7.22. The number of amides is 4. The quantitative estimate of drug-likeness (QED) is 0.180. The molecule has 3 heterocycles. The molecule has 4 amide bonds. The molecule has 14 heteroatoms. The van der Waals surface area contributed by atoms with E-state index >= 15 is 0 Å². The van der Waals surface area contributed by atoms with Crippen LogP contribution in [0, 0.1) is 0 Å². The van der Waals surface area contributed by atoms with Crippen molar-refractivity contribution >= 4 is 44.5 Å². The van der Waals surface area contributed by atoms with Crippen molar-refractivity contribution in [2.45, 2.75) is 31.7 Å². The van der Waals surface area contributed by atoms with Crippen molar-refractivity contribution in [2.24, 2.45) is 0 Å². The number of aromatic nitrogens is 1. The molecule has 0 aliphatic carbocycles. The summed E-state index contributed by atoms with van der Waals surface area (Å²) in [5.41, 5.74) is 9.32. The van der Waals surface area contributed by atoms with E-state index in [-0.39, 0.29) is 64.2 Å². The predicted octanol–water partition coefficient (Wildman–Crippen LogP) is 2.99. The van der Waals surface area contributed by atoms with E-state index in [1.54, 1.807) is 40.1 Å². The number of aliphatic hydroxyl groups excluding tert-OH is 1. The average molecular weight is 686 g/mol. The second-order valence-electron chi connectivity index (χ2n) is 11.7. The first-order chi connectivity index (χ1) is 23.8. The number of methoxy groups -OCH3 is 1. The Morgan fingerprint density at radius 3 is 2.57 bits per heavy atom. The van der Waals surface area contributed by atoms with Crippen molar-refractivity contribution < 1.29 is 29.0 Å². The van der Waals surface area contributed by atoms with Gasteiger partial charge in [-0.1, -0.05) is 53.8 Å². The number of hydrogen-bond donors (Lipinski definition) is 3. The number of ether oxygens (including phenoxy) is 2. The average Bonchev–Trinajstić information content (AvgIpc) is 3.66. The summed E-state index contributed by atoms with van der Waals surface area (Å²) < 4.78 is 11.7. The van der Waals surface area contributed by atoms with E-state index in [1.807, 2.05) is 54.6 Å². The number of nitrogens with one attached hydrogen (secondary N) is 1. The predicted molar refractivity (Wildman–Crippen MR) is 185 cm³/mol. The molecule has 2 aliphatic rings. The molecule has 2 saturated heterocycles. The van der Waals surface area contributed by atoms with Crippen LogP contribution in [0.2, 0.25) is 0 Å². The molecule has 2 fully saturated rings. The number of hydrogen-bond acceptors (Lipinski definition) is 10. The lowest BCUT2D eigenvalue weighted by Crippen LogP contribution is -2.66. The zero-order chi connectivity index (χ0) is 34.5. The summed E-state index contributed by atoms with van der Waals surface area (Å²) >= 11 is 1.38. The fraction of sp³-hybridized carbons (Fsp3) is 0.314. The molecule has 13 nitrogen and oxygen atoms in total. The molecule has 0 radical (unpaired) electrons. The second-order valence-corrected chi connectivity index (χ2v) is 12.8. The van der Waals surface area contributed by atoms with Gasteiger partial charge in [-0.15, -0.1) is 6.58 Å². The molecule has 1 aromatic heterocycles. The van der Waals surface area contributed by atoms with Crippen molar-refractivity contribution in [1.29, 1.82) is 0 Å². The van der Waals surface area contributed by atoms with Crippen molar-refractivity contribution in [3.05, 3.63) is 96.1 Å². The monoisotopic (exact) mass is 685 g/mol. The number of carbonyl (C=O) groups is 3. The molecule has 0 unspecified atom stereocenters. The SMILES string of the molecule is C=CCN(C(=O)NCc1ccc(OC)cc1)N1CC(=O)N2[C@@H](Cc3ccc(OCCO)cc3)C(=O)N(Cc3cccc4sc(N)nc34)C[C@@H]21. The number of piperazine rings is 1. The van der Waals surface area contributed by atoms with Crippen molar-refractivity contribution in [2.75, 3.05) is 45.7 Å². The van der Waals surface area contributed by atoms with Crippen LogP contribution >= 0.6 is 11.3 Å². The van der Waals surface area contributed by atoms with Crippen molar-refractivity contribution in [3.8, 4) is 11.5 Å². The number of nitrogens with zero attached hydrogens (tertiary/aromatic N) is 5. The van der Waals surface area contributed by atoms with Gasteiger partial charge in [-0.25, -0.2) is 9.78 Å². The van der Waals surface area contributed by atoms with E-state index in [0.717, 1.165) is 26.9 Å². The molecule has 256 valence electrons. The smallest absolute Gasteiger partial charge is 0.332 e. The van der Waals surface area contributed by atoms with E-state index < -0.39 is 18.2 Å². The fourth-order valence-corrected chi connectivity index (χ4v) is 7.08. The molecular weight excluding hydrogens is 646 g/mol. The van der Waals surface area contributed by atoms with Gasteiger partial charge in [0.1, 0.15) is 30.3 Å². The van der Waals surface area contributed by atoms with E-state index in [1.165, 1.54) is 16.3 Å². The van der Waals surface area contributed by atoms with Crippen LogP contribution < -0.4 is 20.5 Å². The fourth-order valence-electron chi connectivity index (χ4n) is 6.29. The number of aliphatic hydroxyl groups is 1. The molecule has 4 aromatic rings. The molecular formula is C35H39N7O6S. The number of urea groups is 1.